The molecular formula is C26H33NO3S2. The second-order valence-electron chi connectivity index (χ2n) is 9.84. The Hall–Kier alpha value is -1.79. The van der Waals surface area contributed by atoms with Crippen LogP contribution in [0.4, 0.5) is 0 Å². The van der Waals surface area contributed by atoms with Crippen LogP contribution < -0.4 is 5.32 Å². The fourth-order valence-electron chi connectivity index (χ4n) is 5.68. The lowest BCUT2D eigenvalue weighted by Crippen LogP contribution is -2.63. The monoisotopic (exact) mass is 471 g/mol. The summed E-state index contributed by atoms with van der Waals surface area (Å²) in [6, 6.07) is 8.37. The van der Waals surface area contributed by atoms with Gasteiger partial charge in [-0.1, -0.05) is 38.1 Å². The number of fused-ring (bicyclic) bond motifs is 3. The number of rotatable bonds is 9. The van der Waals surface area contributed by atoms with Gasteiger partial charge in [0.2, 0.25) is 0 Å². The Labute approximate surface area is 198 Å². The van der Waals surface area contributed by atoms with E-state index in [1.54, 1.807) is 23.1 Å². The highest BCUT2D eigenvalue weighted by atomic mass is 32.2. The zero-order chi connectivity index (χ0) is 22.9. The van der Waals surface area contributed by atoms with Gasteiger partial charge in [-0.25, -0.2) is 0 Å². The van der Waals surface area contributed by atoms with E-state index in [1.807, 2.05) is 12.1 Å². The molecule has 0 spiro atoms. The third-order valence-corrected chi connectivity index (χ3v) is 9.96. The molecule has 3 saturated carbocycles. The Bertz CT molecular complexity index is 1030. The number of carbonyl (C=O) groups excluding carboxylic acids is 1. The lowest BCUT2D eigenvalue weighted by molar-refractivity contribution is -0.137. The second-order valence-corrected chi connectivity index (χ2v) is 12.0. The molecule has 4 atom stereocenters. The van der Waals surface area contributed by atoms with Crippen LogP contribution in [-0.4, -0.2) is 29.3 Å². The molecular weight excluding hydrogens is 438 g/mol. The van der Waals surface area contributed by atoms with Gasteiger partial charge in [0, 0.05) is 17.2 Å². The number of thioether (sulfide) groups is 1. The highest BCUT2D eigenvalue weighted by Crippen LogP contribution is 2.61. The van der Waals surface area contributed by atoms with Crippen LogP contribution in [0.15, 0.2) is 40.6 Å². The topological polar surface area (TPSA) is 66.4 Å². The maximum absolute atomic E-state index is 13.4. The molecule has 1 aromatic carbocycles. The third-order valence-electron chi connectivity index (χ3n) is 7.71. The fraction of sp³-hybridized carbons (Fsp3) is 0.538. The summed E-state index contributed by atoms with van der Waals surface area (Å²) < 4.78 is 2.30. The lowest BCUT2D eigenvalue weighted by atomic mass is 9.44. The van der Waals surface area contributed by atoms with Crippen molar-refractivity contribution in [2.24, 2.45) is 23.2 Å². The normalized spacial score (nSPS) is 26.2. The molecule has 1 heterocycles. The summed E-state index contributed by atoms with van der Waals surface area (Å²) in [5, 5.41) is 13.4. The molecule has 6 heteroatoms. The SMILES string of the molecule is CSc1cc2cccc(C(=O)NC3[C@H](CC=CCCCC(=O)O)C[C@H]4C[C@@H]3C4(C)C)c2s1. The molecule has 2 bridgehead atoms. The number of hydrogen-bond acceptors (Lipinski definition) is 4. The Morgan fingerprint density at radius 1 is 1.28 bits per heavy atom. The van der Waals surface area contributed by atoms with E-state index in [1.165, 1.54) is 10.6 Å². The largest absolute Gasteiger partial charge is 0.481 e. The van der Waals surface area contributed by atoms with Gasteiger partial charge < -0.3 is 10.4 Å². The Kier molecular flexibility index (Phi) is 7.01. The lowest BCUT2D eigenvalue weighted by Gasteiger charge is -2.62. The van der Waals surface area contributed by atoms with Gasteiger partial charge in [0.25, 0.3) is 5.91 Å². The van der Waals surface area contributed by atoms with E-state index in [-0.39, 0.29) is 23.8 Å². The van der Waals surface area contributed by atoms with Crippen molar-refractivity contribution in [3.8, 4) is 0 Å². The minimum absolute atomic E-state index is 0.0479. The van der Waals surface area contributed by atoms with E-state index < -0.39 is 5.97 Å². The molecule has 1 aromatic heterocycles. The van der Waals surface area contributed by atoms with E-state index >= 15 is 0 Å². The van der Waals surface area contributed by atoms with Crippen LogP contribution in [-0.2, 0) is 4.79 Å². The van der Waals surface area contributed by atoms with Crippen LogP contribution >= 0.6 is 23.1 Å². The van der Waals surface area contributed by atoms with Crippen LogP contribution in [0.1, 0.15) is 62.7 Å². The summed E-state index contributed by atoms with van der Waals surface area (Å²) in [5.74, 6) is 0.999. The maximum Gasteiger partial charge on any atom is 0.303 e. The fourth-order valence-corrected chi connectivity index (χ4v) is 7.41. The smallest absolute Gasteiger partial charge is 0.303 e. The molecule has 3 aliphatic rings. The van der Waals surface area contributed by atoms with Gasteiger partial charge in [-0.3, -0.25) is 9.59 Å². The molecule has 4 nitrogen and oxygen atoms in total. The second kappa shape index (κ2) is 9.60. The first-order chi connectivity index (χ1) is 15.3. The van der Waals surface area contributed by atoms with Crippen molar-refractivity contribution in [2.75, 3.05) is 6.26 Å². The van der Waals surface area contributed by atoms with E-state index in [4.69, 9.17) is 5.11 Å². The van der Waals surface area contributed by atoms with E-state index in [2.05, 4.69) is 49.7 Å². The number of hydrogen-bond donors (Lipinski definition) is 2. The van der Waals surface area contributed by atoms with Gasteiger partial charge in [0.1, 0.15) is 0 Å². The summed E-state index contributed by atoms with van der Waals surface area (Å²) in [4.78, 5) is 24.1. The van der Waals surface area contributed by atoms with Crippen molar-refractivity contribution in [1.82, 2.24) is 5.32 Å². The molecule has 3 fully saturated rings. The number of allylic oxidation sites excluding steroid dienone is 2. The summed E-state index contributed by atoms with van der Waals surface area (Å²) in [6.45, 7) is 4.71. The summed E-state index contributed by atoms with van der Waals surface area (Å²) in [6.07, 6.45) is 11.4. The first-order valence-corrected chi connectivity index (χ1v) is 13.6. The van der Waals surface area contributed by atoms with Gasteiger partial charge >= 0.3 is 5.97 Å². The molecule has 172 valence electrons. The molecule has 0 saturated heterocycles. The number of carboxylic acids is 1. The van der Waals surface area contributed by atoms with E-state index in [9.17, 15) is 9.59 Å². The van der Waals surface area contributed by atoms with Gasteiger partial charge in [-0.2, -0.15) is 0 Å². The number of nitrogens with one attached hydrogen (secondary N) is 1. The average molecular weight is 472 g/mol. The highest BCUT2D eigenvalue weighted by molar-refractivity contribution is 8.00. The quantitative estimate of drug-likeness (QED) is 0.245. The molecule has 3 aliphatic carbocycles. The molecule has 0 radical (unpaired) electrons. The molecule has 1 amide bonds. The Balaban J connectivity index is 1.47. The van der Waals surface area contributed by atoms with E-state index in [0.717, 1.165) is 40.8 Å². The predicted molar refractivity (Wildman–Crippen MR) is 134 cm³/mol. The third kappa shape index (κ3) is 4.62. The first kappa shape index (κ1) is 23.4. The van der Waals surface area contributed by atoms with Gasteiger partial charge in [0.15, 0.2) is 0 Å². The van der Waals surface area contributed by atoms with Crippen molar-refractivity contribution in [3.63, 3.8) is 0 Å². The average Bonchev–Trinajstić information content (AvgIpc) is 3.19. The van der Waals surface area contributed by atoms with Crippen LogP contribution in [0.3, 0.4) is 0 Å². The van der Waals surface area contributed by atoms with Crippen LogP contribution in [0.25, 0.3) is 10.1 Å². The molecule has 1 unspecified atom stereocenters. The standard InChI is InChI=1S/C26H33NO3S2/c1-26(2)18-13-16(9-6-4-5-7-12-21(28)29)23(20(26)15-18)27-25(30)19-11-8-10-17-14-22(31-3)32-24(17)19/h4,6,8,10-11,14,16,18,20,23H,5,7,9,12-13,15H2,1-3H3,(H,27,30)(H,28,29)/t16-,18+,20+,23?/m1/s1. The summed E-state index contributed by atoms with van der Waals surface area (Å²) in [7, 11) is 0. The van der Waals surface area contributed by atoms with Crippen molar-refractivity contribution in [1.29, 1.82) is 0 Å². The van der Waals surface area contributed by atoms with Crippen molar-refractivity contribution >= 4 is 45.1 Å². The molecule has 0 aliphatic heterocycles. The summed E-state index contributed by atoms with van der Waals surface area (Å²) in [5.41, 5.74) is 1.07. The van der Waals surface area contributed by atoms with Crippen molar-refractivity contribution < 1.29 is 14.7 Å². The zero-order valence-corrected chi connectivity index (χ0v) is 20.7. The maximum atomic E-state index is 13.4. The minimum atomic E-state index is -0.735. The number of thiophene rings is 1. The molecule has 5 rings (SSSR count). The number of carboxylic acid groups (broad SMARTS) is 1. The van der Waals surface area contributed by atoms with E-state index in [0.29, 0.717) is 18.3 Å². The number of carbonyl (C=O) groups is 2. The highest BCUT2D eigenvalue weighted by Gasteiger charge is 2.57. The van der Waals surface area contributed by atoms with Crippen LogP contribution in [0.2, 0.25) is 0 Å². The molecule has 32 heavy (non-hydrogen) atoms. The van der Waals surface area contributed by atoms with Crippen molar-refractivity contribution in [2.45, 2.75) is 62.6 Å². The first-order valence-electron chi connectivity index (χ1n) is 11.6. The van der Waals surface area contributed by atoms with Crippen LogP contribution in [0, 0.1) is 23.2 Å². The van der Waals surface area contributed by atoms with Gasteiger partial charge in [-0.15, -0.1) is 23.1 Å². The van der Waals surface area contributed by atoms with Crippen molar-refractivity contribution in [3.05, 3.63) is 42.0 Å². The number of unbranched alkanes of at least 4 members (excludes halogenated alkanes) is 1. The predicted octanol–water partition coefficient (Wildman–Crippen LogP) is 6.61. The number of aliphatic carboxylic acids is 1. The van der Waals surface area contributed by atoms with Gasteiger partial charge in [0.05, 0.1) is 9.77 Å². The molecule has 2 aromatic rings. The Morgan fingerprint density at radius 3 is 2.81 bits per heavy atom. The van der Waals surface area contributed by atoms with Crippen LogP contribution in [0.5, 0.6) is 0 Å². The number of amides is 1. The summed E-state index contributed by atoms with van der Waals surface area (Å²) >= 11 is 3.42. The molecule has 2 N–H and O–H groups in total. The van der Waals surface area contributed by atoms with Gasteiger partial charge in [-0.05, 0) is 79.0 Å². The number of benzene rings is 1. The minimum Gasteiger partial charge on any atom is -0.481 e. The Morgan fingerprint density at radius 2 is 2.09 bits per heavy atom. The zero-order valence-electron chi connectivity index (χ0n) is 19.1.